The zero-order valence-corrected chi connectivity index (χ0v) is 15.3. The Morgan fingerprint density at radius 1 is 1.19 bits per heavy atom. The van der Waals surface area contributed by atoms with Gasteiger partial charge in [-0.05, 0) is 42.2 Å². The predicted molar refractivity (Wildman–Crippen MR) is 108 cm³/mol. The van der Waals surface area contributed by atoms with Crippen LogP contribution in [0.1, 0.15) is 35.3 Å². The van der Waals surface area contributed by atoms with E-state index in [1.807, 2.05) is 18.2 Å². The molecule has 0 aromatic heterocycles. The number of anilines is 2. The Morgan fingerprint density at radius 2 is 1.81 bits per heavy atom. The lowest BCUT2D eigenvalue weighted by atomic mass is 10.0. The SMILES string of the molecule is CCc1cccc(CC)c1NC(=O)c1cccc(N/N=C(\C#N)C(=N)N)c1. The fourth-order valence-electron chi connectivity index (χ4n) is 2.58. The number of amides is 1. The number of nitrogens with zero attached hydrogens (tertiary/aromatic N) is 2. The normalized spacial score (nSPS) is 10.8. The van der Waals surface area contributed by atoms with Crippen LogP contribution in [0.3, 0.4) is 0 Å². The Hall–Kier alpha value is -3.66. The van der Waals surface area contributed by atoms with E-state index in [0.717, 1.165) is 29.7 Å². The number of carbonyl (C=O) groups excluding carboxylic acids is 1. The lowest BCUT2D eigenvalue weighted by molar-refractivity contribution is 0.102. The van der Waals surface area contributed by atoms with E-state index in [1.165, 1.54) is 0 Å². The maximum atomic E-state index is 12.7. The summed E-state index contributed by atoms with van der Waals surface area (Å²) in [6, 6.07) is 14.5. The molecule has 0 unspecified atom stereocenters. The number of amidine groups is 1. The van der Waals surface area contributed by atoms with Gasteiger partial charge in [-0.2, -0.15) is 10.4 Å². The molecule has 0 aliphatic carbocycles. The number of hydrogen-bond donors (Lipinski definition) is 4. The van der Waals surface area contributed by atoms with Crippen LogP contribution in [0.5, 0.6) is 0 Å². The summed E-state index contributed by atoms with van der Waals surface area (Å²) in [6.07, 6.45) is 1.64. The topological polar surface area (TPSA) is 127 Å². The van der Waals surface area contributed by atoms with Gasteiger partial charge in [0.05, 0.1) is 5.69 Å². The molecule has 7 heteroatoms. The van der Waals surface area contributed by atoms with Crippen molar-refractivity contribution < 1.29 is 4.79 Å². The number of para-hydroxylation sites is 1. The number of benzene rings is 2. The molecule has 0 bridgehead atoms. The molecule has 2 aromatic rings. The molecule has 2 aromatic carbocycles. The van der Waals surface area contributed by atoms with Gasteiger partial charge in [0.15, 0.2) is 5.84 Å². The third-order valence-corrected chi connectivity index (χ3v) is 4.02. The highest BCUT2D eigenvalue weighted by atomic mass is 16.1. The third kappa shape index (κ3) is 4.92. The molecule has 0 fully saturated rings. The van der Waals surface area contributed by atoms with Crippen molar-refractivity contribution >= 4 is 28.8 Å². The largest absolute Gasteiger partial charge is 0.382 e. The molecule has 27 heavy (non-hydrogen) atoms. The molecular formula is C20H22N6O. The molecule has 0 saturated carbocycles. The van der Waals surface area contributed by atoms with Gasteiger partial charge in [-0.15, -0.1) is 0 Å². The first kappa shape index (κ1) is 19.7. The predicted octanol–water partition coefficient (Wildman–Crippen LogP) is 3.29. The van der Waals surface area contributed by atoms with Crippen molar-refractivity contribution in [2.45, 2.75) is 26.7 Å². The second-order valence-electron chi connectivity index (χ2n) is 5.79. The zero-order valence-electron chi connectivity index (χ0n) is 15.3. The molecule has 0 atom stereocenters. The van der Waals surface area contributed by atoms with E-state index >= 15 is 0 Å². The van der Waals surface area contributed by atoms with E-state index in [2.05, 4.69) is 29.7 Å². The summed E-state index contributed by atoms with van der Waals surface area (Å²) in [5.41, 5.74) is 11.7. The molecular weight excluding hydrogens is 340 g/mol. The lowest BCUT2D eigenvalue weighted by Crippen LogP contribution is -2.22. The summed E-state index contributed by atoms with van der Waals surface area (Å²) in [4.78, 5) is 12.7. The van der Waals surface area contributed by atoms with Crippen molar-refractivity contribution in [1.82, 2.24) is 0 Å². The number of carbonyl (C=O) groups is 1. The summed E-state index contributed by atoms with van der Waals surface area (Å²) < 4.78 is 0. The highest BCUT2D eigenvalue weighted by Crippen LogP contribution is 2.23. The van der Waals surface area contributed by atoms with Gasteiger partial charge >= 0.3 is 0 Å². The van der Waals surface area contributed by atoms with Gasteiger partial charge in [0.1, 0.15) is 6.07 Å². The van der Waals surface area contributed by atoms with Gasteiger partial charge in [-0.25, -0.2) is 0 Å². The first-order valence-corrected chi connectivity index (χ1v) is 8.60. The van der Waals surface area contributed by atoms with E-state index < -0.39 is 5.84 Å². The number of aryl methyl sites for hydroxylation is 2. The van der Waals surface area contributed by atoms with Crippen molar-refractivity contribution in [3.8, 4) is 6.07 Å². The maximum absolute atomic E-state index is 12.7. The second kappa shape index (κ2) is 9.15. The number of hydrazone groups is 1. The lowest BCUT2D eigenvalue weighted by Gasteiger charge is -2.14. The minimum absolute atomic E-state index is 0.227. The van der Waals surface area contributed by atoms with Gasteiger partial charge < -0.3 is 11.1 Å². The van der Waals surface area contributed by atoms with Crippen molar-refractivity contribution in [2.75, 3.05) is 10.7 Å². The first-order chi connectivity index (χ1) is 13.0. The number of hydrogen-bond acceptors (Lipinski definition) is 5. The molecule has 0 spiro atoms. The molecule has 0 heterocycles. The highest BCUT2D eigenvalue weighted by molar-refractivity contribution is 6.45. The Kier molecular flexibility index (Phi) is 6.67. The van der Waals surface area contributed by atoms with Gasteiger partial charge in [0, 0.05) is 11.3 Å². The van der Waals surface area contributed by atoms with Gasteiger partial charge in [-0.3, -0.25) is 15.6 Å². The summed E-state index contributed by atoms with van der Waals surface area (Å²) >= 11 is 0. The molecule has 138 valence electrons. The Balaban J connectivity index is 2.24. The minimum Gasteiger partial charge on any atom is -0.382 e. The van der Waals surface area contributed by atoms with Crippen LogP contribution in [-0.4, -0.2) is 17.5 Å². The smallest absolute Gasteiger partial charge is 0.255 e. The van der Waals surface area contributed by atoms with Gasteiger partial charge in [0.25, 0.3) is 5.91 Å². The molecule has 0 aliphatic rings. The number of rotatable bonds is 7. The Labute approximate surface area is 158 Å². The monoisotopic (exact) mass is 362 g/mol. The second-order valence-corrected chi connectivity index (χ2v) is 5.79. The fourth-order valence-corrected chi connectivity index (χ4v) is 2.58. The summed E-state index contributed by atoms with van der Waals surface area (Å²) in [5.74, 6) is -0.660. The van der Waals surface area contributed by atoms with Crippen LogP contribution in [-0.2, 0) is 12.8 Å². The first-order valence-electron chi connectivity index (χ1n) is 8.60. The average molecular weight is 362 g/mol. The average Bonchev–Trinajstić information content (AvgIpc) is 2.68. The molecule has 7 nitrogen and oxygen atoms in total. The quantitative estimate of drug-likeness (QED) is 0.342. The Bertz CT molecular complexity index is 904. The van der Waals surface area contributed by atoms with E-state index in [9.17, 15) is 4.79 Å². The van der Waals surface area contributed by atoms with Crippen LogP contribution in [0.4, 0.5) is 11.4 Å². The van der Waals surface area contributed by atoms with Crippen molar-refractivity contribution in [1.29, 1.82) is 10.7 Å². The zero-order chi connectivity index (χ0) is 19.8. The standard InChI is InChI=1S/C20H22N6O/c1-3-13-7-5-8-14(4-2)18(13)24-20(27)15-9-6-10-16(11-15)25-26-17(12-21)19(22)23/h5-11,25H,3-4H2,1-2H3,(H3,22,23)(H,24,27)/b26-17+. The number of nitriles is 1. The fraction of sp³-hybridized carbons (Fsp3) is 0.200. The van der Waals surface area contributed by atoms with Crippen LogP contribution >= 0.6 is 0 Å². The van der Waals surface area contributed by atoms with Crippen LogP contribution in [0.25, 0.3) is 0 Å². The van der Waals surface area contributed by atoms with Gasteiger partial charge in [0.2, 0.25) is 5.71 Å². The van der Waals surface area contributed by atoms with E-state index in [4.69, 9.17) is 16.4 Å². The van der Waals surface area contributed by atoms with E-state index in [1.54, 1.807) is 30.3 Å². The van der Waals surface area contributed by atoms with Crippen LogP contribution in [0.15, 0.2) is 47.6 Å². The van der Waals surface area contributed by atoms with Crippen molar-refractivity contribution in [2.24, 2.45) is 10.8 Å². The number of nitrogens with two attached hydrogens (primary N) is 1. The molecule has 2 rings (SSSR count). The summed E-state index contributed by atoms with van der Waals surface area (Å²) in [7, 11) is 0. The summed E-state index contributed by atoms with van der Waals surface area (Å²) in [5, 5.41) is 22.9. The van der Waals surface area contributed by atoms with Crippen molar-refractivity contribution in [3.05, 3.63) is 59.2 Å². The van der Waals surface area contributed by atoms with E-state index in [0.29, 0.717) is 11.3 Å². The van der Waals surface area contributed by atoms with E-state index in [-0.39, 0.29) is 11.6 Å². The molecule has 0 radical (unpaired) electrons. The Morgan fingerprint density at radius 3 is 2.37 bits per heavy atom. The molecule has 1 amide bonds. The molecule has 5 N–H and O–H groups in total. The summed E-state index contributed by atoms with van der Waals surface area (Å²) in [6.45, 7) is 4.10. The van der Waals surface area contributed by atoms with Crippen molar-refractivity contribution in [3.63, 3.8) is 0 Å². The third-order valence-electron chi connectivity index (χ3n) is 4.02. The van der Waals surface area contributed by atoms with Crippen LogP contribution < -0.4 is 16.5 Å². The maximum Gasteiger partial charge on any atom is 0.255 e. The highest BCUT2D eigenvalue weighted by Gasteiger charge is 2.12. The molecule has 0 aliphatic heterocycles. The van der Waals surface area contributed by atoms with Gasteiger partial charge in [-0.1, -0.05) is 38.1 Å². The van der Waals surface area contributed by atoms with Crippen LogP contribution in [0.2, 0.25) is 0 Å². The molecule has 0 saturated heterocycles. The van der Waals surface area contributed by atoms with Crippen LogP contribution in [0, 0.1) is 16.7 Å². The number of nitrogens with one attached hydrogen (secondary N) is 3. The minimum atomic E-state index is -0.429.